The Balaban J connectivity index is 1.08. The van der Waals surface area contributed by atoms with E-state index in [0.29, 0.717) is 24.6 Å². The number of ketones is 1. The average Bonchev–Trinajstić information content (AvgIpc) is 3.43. The molecule has 2 aliphatic carbocycles. The van der Waals surface area contributed by atoms with Crippen LogP contribution in [0, 0.1) is 11.3 Å². The second-order valence-electron chi connectivity index (χ2n) is 9.99. The molecule has 2 aromatic carbocycles. The lowest BCUT2D eigenvalue weighted by Crippen LogP contribution is -2.43. The van der Waals surface area contributed by atoms with Gasteiger partial charge in [0.25, 0.3) is 0 Å². The molecule has 1 saturated heterocycles. The summed E-state index contributed by atoms with van der Waals surface area (Å²) < 4.78 is 0. The van der Waals surface area contributed by atoms with E-state index in [-0.39, 0.29) is 35.4 Å². The first-order valence-corrected chi connectivity index (χ1v) is 11.8. The number of hydrogen-bond donors (Lipinski definition) is 0. The van der Waals surface area contributed by atoms with E-state index in [1.807, 2.05) is 34.1 Å². The molecule has 164 valence electrons. The van der Waals surface area contributed by atoms with Crippen molar-refractivity contribution in [3.8, 4) is 0 Å². The number of likely N-dealkylation sites (tertiary alicyclic amines) is 1. The van der Waals surface area contributed by atoms with Crippen LogP contribution in [-0.2, 0) is 22.6 Å². The first kappa shape index (κ1) is 19.7. The predicted octanol–water partition coefficient (Wildman–Crippen LogP) is 3.57. The second kappa shape index (κ2) is 7.29. The van der Waals surface area contributed by atoms with Crippen LogP contribution in [0.15, 0.2) is 48.5 Å². The third kappa shape index (κ3) is 3.09. The molecule has 2 heterocycles. The van der Waals surface area contributed by atoms with E-state index in [1.165, 1.54) is 11.1 Å². The molecule has 2 amide bonds. The van der Waals surface area contributed by atoms with Crippen molar-refractivity contribution >= 4 is 17.6 Å². The van der Waals surface area contributed by atoms with Crippen LogP contribution in [0.3, 0.4) is 0 Å². The van der Waals surface area contributed by atoms with E-state index < -0.39 is 0 Å². The van der Waals surface area contributed by atoms with Crippen LogP contribution in [0.2, 0.25) is 0 Å². The molecule has 5 heteroatoms. The topological polar surface area (TPSA) is 57.7 Å². The maximum absolute atomic E-state index is 13.2. The van der Waals surface area contributed by atoms with Crippen molar-refractivity contribution in [1.29, 1.82) is 0 Å². The summed E-state index contributed by atoms with van der Waals surface area (Å²) in [7, 11) is 0. The van der Waals surface area contributed by atoms with E-state index in [4.69, 9.17) is 0 Å². The van der Waals surface area contributed by atoms with Crippen LogP contribution in [0.4, 0.5) is 0 Å². The highest BCUT2D eigenvalue weighted by Crippen LogP contribution is 2.60. The van der Waals surface area contributed by atoms with Crippen molar-refractivity contribution in [3.05, 3.63) is 70.8 Å². The van der Waals surface area contributed by atoms with E-state index >= 15 is 0 Å². The van der Waals surface area contributed by atoms with Crippen molar-refractivity contribution in [2.24, 2.45) is 11.3 Å². The number of nitrogens with zero attached hydrogens (tertiary/aromatic N) is 2. The van der Waals surface area contributed by atoms with Gasteiger partial charge < -0.3 is 9.80 Å². The van der Waals surface area contributed by atoms with Gasteiger partial charge >= 0.3 is 0 Å². The monoisotopic (exact) mass is 428 g/mol. The zero-order valence-corrected chi connectivity index (χ0v) is 18.3. The Morgan fingerprint density at radius 2 is 1.56 bits per heavy atom. The SMILES string of the molecule is O=C1C[C@@H](C(=O)N2CCC3(CC2)C[C@H]3C(=O)N2CCc3ccccc3C2)c2ccccc21. The third-order valence-electron chi connectivity index (χ3n) is 8.33. The standard InChI is InChI=1S/C27H28N2O3/c30-24-15-22(20-7-3-4-8-21(20)24)25(31)28-13-10-27(11-14-28)16-23(27)26(32)29-12-9-18-5-1-2-6-19(18)17-29/h1-8,22-23H,9-17H2/t22-,23+/m1/s1. The van der Waals surface area contributed by atoms with Gasteiger partial charge in [-0.1, -0.05) is 48.5 Å². The molecular weight excluding hydrogens is 400 g/mol. The van der Waals surface area contributed by atoms with Crippen LogP contribution in [-0.4, -0.2) is 47.0 Å². The molecule has 2 atom stereocenters. The van der Waals surface area contributed by atoms with Gasteiger partial charge in [0.15, 0.2) is 5.78 Å². The smallest absolute Gasteiger partial charge is 0.230 e. The molecule has 0 aromatic heterocycles. The number of amides is 2. The Morgan fingerprint density at radius 1 is 0.844 bits per heavy atom. The van der Waals surface area contributed by atoms with Gasteiger partial charge in [0, 0.05) is 44.1 Å². The summed E-state index contributed by atoms with van der Waals surface area (Å²) in [4.78, 5) is 42.8. The summed E-state index contributed by atoms with van der Waals surface area (Å²) >= 11 is 0. The summed E-state index contributed by atoms with van der Waals surface area (Å²) in [5.41, 5.74) is 4.30. The fourth-order valence-electron chi connectivity index (χ4n) is 6.23. The number of fused-ring (bicyclic) bond motifs is 2. The molecule has 0 N–H and O–H groups in total. The fraction of sp³-hybridized carbons (Fsp3) is 0.444. The minimum atomic E-state index is -0.335. The zero-order valence-electron chi connectivity index (χ0n) is 18.3. The van der Waals surface area contributed by atoms with Crippen molar-refractivity contribution in [2.75, 3.05) is 19.6 Å². The summed E-state index contributed by atoms with van der Waals surface area (Å²) in [5, 5.41) is 0. The molecule has 0 unspecified atom stereocenters. The highest BCUT2D eigenvalue weighted by molar-refractivity contribution is 6.06. The molecule has 2 aliphatic heterocycles. The normalized spacial score (nSPS) is 25.4. The molecule has 2 fully saturated rings. The maximum Gasteiger partial charge on any atom is 0.230 e. The van der Waals surface area contributed by atoms with Crippen molar-refractivity contribution in [1.82, 2.24) is 9.80 Å². The van der Waals surface area contributed by atoms with Gasteiger partial charge in [-0.05, 0) is 47.8 Å². The van der Waals surface area contributed by atoms with Crippen molar-refractivity contribution < 1.29 is 14.4 Å². The van der Waals surface area contributed by atoms with E-state index in [0.717, 1.165) is 44.3 Å². The molecule has 0 radical (unpaired) electrons. The minimum absolute atomic E-state index is 0.0726. The molecule has 0 bridgehead atoms. The number of benzene rings is 2. The Morgan fingerprint density at radius 3 is 2.38 bits per heavy atom. The summed E-state index contributed by atoms with van der Waals surface area (Å²) in [6.45, 7) is 2.92. The molecule has 2 aromatic rings. The number of carbonyl (C=O) groups excluding carboxylic acids is 3. The van der Waals surface area contributed by atoms with Crippen molar-refractivity contribution in [3.63, 3.8) is 0 Å². The Hall–Kier alpha value is -2.95. The lowest BCUT2D eigenvalue weighted by Gasteiger charge is -2.35. The molecule has 1 saturated carbocycles. The lowest BCUT2D eigenvalue weighted by molar-refractivity contribution is -0.135. The van der Waals surface area contributed by atoms with Gasteiger partial charge in [-0.3, -0.25) is 14.4 Å². The Labute approximate surface area is 188 Å². The van der Waals surface area contributed by atoms with Gasteiger partial charge in [0.2, 0.25) is 11.8 Å². The van der Waals surface area contributed by atoms with E-state index in [9.17, 15) is 14.4 Å². The summed E-state index contributed by atoms with van der Waals surface area (Å²) in [5.74, 6) is 0.226. The Bertz CT molecular complexity index is 1120. The number of piperidine rings is 1. The summed E-state index contributed by atoms with van der Waals surface area (Å²) in [6.07, 6.45) is 3.96. The Kier molecular flexibility index (Phi) is 4.49. The number of Topliss-reactive ketones (excluding diaryl/α,β-unsaturated/α-hetero) is 1. The van der Waals surface area contributed by atoms with E-state index in [1.54, 1.807) is 0 Å². The maximum atomic E-state index is 13.2. The second-order valence-corrected chi connectivity index (χ2v) is 9.99. The third-order valence-corrected chi connectivity index (χ3v) is 8.33. The first-order valence-electron chi connectivity index (χ1n) is 11.8. The zero-order chi connectivity index (χ0) is 21.9. The quantitative estimate of drug-likeness (QED) is 0.735. The van der Waals surface area contributed by atoms with Crippen molar-refractivity contribution in [2.45, 2.75) is 44.6 Å². The van der Waals surface area contributed by atoms with Crippen LogP contribution < -0.4 is 0 Å². The molecular formula is C27H28N2O3. The van der Waals surface area contributed by atoms with Gasteiger partial charge in [0.1, 0.15) is 0 Å². The number of rotatable bonds is 2. The minimum Gasteiger partial charge on any atom is -0.342 e. The molecule has 6 rings (SSSR count). The van der Waals surface area contributed by atoms with Gasteiger partial charge in [-0.25, -0.2) is 0 Å². The van der Waals surface area contributed by atoms with Gasteiger partial charge in [-0.2, -0.15) is 0 Å². The molecule has 1 spiro atoms. The van der Waals surface area contributed by atoms with Crippen LogP contribution in [0.1, 0.15) is 58.6 Å². The number of hydrogen-bond acceptors (Lipinski definition) is 3. The van der Waals surface area contributed by atoms with Gasteiger partial charge in [-0.15, -0.1) is 0 Å². The predicted molar refractivity (Wildman–Crippen MR) is 120 cm³/mol. The first-order chi connectivity index (χ1) is 15.6. The molecule has 5 nitrogen and oxygen atoms in total. The largest absolute Gasteiger partial charge is 0.342 e. The van der Waals surface area contributed by atoms with Crippen LogP contribution >= 0.6 is 0 Å². The van der Waals surface area contributed by atoms with Crippen LogP contribution in [0.25, 0.3) is 0 Å². The fourth-order valence-corrected chi connectivity index (χ4v) is 6.23. The molecule has 32 heavy (non-hydrogen) atoms. The molecule has 4 aliphatic rings. The lowest BCUT2D eigenvalue weighted by atomic mass is 9.89. The highest BCUT2D eigenvalue weighted by Gasteiger charge is 2.59. The number of carbonyl (C=O) groups is 3. The summed E-state index contributed by atoms with van der Waals surface area (Å²) in [6, 6.07) is 15.9. The van der Waals surface area contributed by atoms with Gasteiger partial charge in [0.05, 0.1) is 5.92 Å². The highest BCUT2D eigenvalue weighted by atomic mass is 16.2. The van der Waals surface area contributed by atoms with Crippen LogP contribution in [0.5, 0.6) is 0 Å². The average molecular weight is 429 g/mol. The van der Waals surface area contributed by atoms with E-state index in [2.05, 4.69) is 24.3 Å².